The van der Waals surface area contributed by atoms with E-state index in [0.29, 0.717) is 23.6 Å². The Hall–Kier alpha value is -1.29. The normalized spacial score (nSPS) is 11.8. The van der Waals surface area contributed by atoms with E-state index in [9.17, 15) is 8.42 Å². The minimum atomic E-state index is -3.65. The molecule has 0 spiro atoms. The van der Waals surface area contributed by atoms with E-state index < -0.39 is 10.0 Å². The molecule has 0 aliphatic carbocycles. The average Bonchev–Trinajstić information content (AvgIpc) is 2.60. The molecule has 0 aromatic carbocycles. The molecule has 1 rings (SSSR count). The molecule has 0 unspecified atom stereocenters. The number of nitrogens with two attached hydrogens (primary N) is 1. The third-order valence-electron chi connectivity index (χ3n) is 2.75. The van der Waals surface area contributed by atoms with Crippen molar-refractivity contribution >= 4 is 10.0 Å². The Kier molecular flexibility index (Phi) is 4.57. The fourth-order valence-electron chi connectivity index (χ4n) is 1.88. The van der Waals surface area contributed by atoms with Crippen LogP contribution in [0.4, 0.5) is 0 Å². The van der Waals surface area contributed by atoms with Gasteiger partial charge in [0, 0.05) is 18.7 Å². The first-order valence-corrected chi connectivity index (χ1v) is 7.06. The summed E-state index contributed by atoms with van der Waals surface area (Å²) in [6.45, 7) is 5.51. The summed E-state index contributed by atoms with van der Waals surface area (Å²) < 4.78 is 31.5. The van der Waals surface area contributed by atoms with Crippen LogP contribution in [0.5, 0.6) is 0 Å². The number of aryl methyl sites for hydroxylation is 2. The second kappa shape index (κ2) is 5.57. The van der Waals surface area contributed by atoms with Crippen LogP contribution in [0.15, 0.2) is 9.31 Å². The van der Waals surface area contributed by atoms with Crippen molar-refractivity contribution in [2.75, 3.05) is 13.1 Å². The van der Waals surface area contributed by atoms with Gasteiger partial charge in [-0.25, -0.2) is 8.42 Å². The molecule has 5 nitrogen and oxygen atoms in total. The first kappa shape index (κ1) is 14.8. The van der Waals surface area contributed by atoms with E-state index in [1.165, 1.54) is 4.31 Å². The molecule has 1 aromatic heterocycles. The van der Waals surface area contributed by atoms with Crippen molar-refractivity contribution in [2.24, 2.45) is 5.73 Å². The lowest BCUT2D eigenvalue weighted by Crippen LogP contribution is -2.32. The second-order valence-electron chi connectivity index (χ2n) is 3.86. The Balaban J connectivity index is 3.41. The first-order chi connectivity index (χ1) is 8.39. The monoisotopic (exact) mass is 270 g/mol. The van der Waals surface area contributed by atoms with E-state index in [0.717, 1.165) is 0 Å². The standard InChI is InChI=1S/C12H18N2O3S/c1-5-7-14(6-2)18(15,16)12-10(4)17-9(3)11(12)8-13/h1H,6-8,13H2,2-4H3. The highest BCUT2D eigenvalue weighted by molar-refractivity contribution is 7.89. The number of nitrogens with zero attached hydrogens (tertiary/aromatic N) is 1. The molecule has 0 atom stereocenters. The second-order valence-corrected chi connectivity index (χ2v) is 5.74. The molecule has 1 aromatic rings. The number of furan rings is 1. The molecular weight excluding hydrogens is 252 g/mol. The quantitative estimate of drug-likeness (QED) is 0.810. The minimum Gasteiger partial charge on any atom is -0.465 e. The van der Waals surface area contributed by atoms with E-state index in [1.807, 2.05) is 0 Å². The number of rotatable bonds is 5. The van der Waals surface area contributed by atoms with Crippen LogP contribution < -0.4 is 5.73 Å². The summed E-state index contributed by atoms with van der Waals surface area (Å²) >= 11 is 0. The van der Waals surface area contributed by atoms with Crippen molar-refractivity contribution in [3.63, 3.8) is 0 Å². The van der Waals surface area contributed by atoms with Gasteiger partial charge in [-0.05, 0) is 13.8 Å². The maximum atomic E-state index is 12.5. The van der Waals surface area contributed by atoms with Gasteiger partial charge in [0.05, 0.1) is 6.54 Å². The zero-order chi connectivity index (χ0) is 13.9. The summed E-state index contributed by atoms with van der Waals surface area (Å²) in [5.74, 6) is 3.23. The van der Waals surface area contributed by atoms with Crippen LogP contribution in [0.3, 0.4) is 0 Å². The van der Waals surface area contributed by atoms with E-state index >= 15 is 0 Å². The van der Waals surface area contributed by atoms with E-state index in [1.54, 1.807) is 20.8 Å². The summed E-state index contributed by atoms with van der Waals surface area (Å²) in [5.41, 5.74) is 6.11. The van der Waals surface area contributed by atoms with Crippen molar-refractivity contribution in [3.8, 4) is 12.3 Å². The Morgan fingerprint density at radius 1 is 1.39 bits per heavy atom. The molecule has 0 radical (unpaired) electrons. The summed E-state index contributed by atoms with van der Waals surface area (Å²) in [5, 5.41) is 0. The van der Waals surface area contributed by atoms with Crippen LogP contribution in [-0.2, 0) is 16.6 Å². The van der Waals surface area contributed by atoms with Crippen LogP contribution in [0.2, 0.25) is 0 Å². The lowest BCUT2D eigenvalue weighted by Gasteiger charge is -2.18. The molecule has 0 aliphatic heterocycles. The van der Waals surface area contributed by atoms with Gasteiger partial charge in [-0.3, -0.25) is 0 Å². The summed E-state index contributed by atoms with van der Waals surface area (Å²) in [6, 6.07) is 0. The number of terminal acetylenes is 1. The zero-order valence-electron chi connectivity index (χ0n) is 10.9. The molecule has 0 aliphatic rings. The predicted octanol–water partition coefficient (Wildman–Crippen LogP) is 0.999. The Morgan fingerprint density at radius 2 is 2.00 bits per heavy atom. The molecular formula is C12H18N2O3S. The van der Waals surface area contributed by atoms with E-state index in [4.69, 9.17) is 16.6 Å². The summed E-state index contributed by atoms with van der Waals surface area (Å²) in [7, 11) is -3.65. The van der Waals surface area contributed by atoms with Gasteiger partial charge in [-0.2, -0.15) is 4.31 Å². The third-order valence-corrected chi connectivity index (χ3v) is 4.86. The van der Waals surface area contributed by atoms with Crippen LogP contribution in [0.1, 0.15) is 24.0 Å². The van der Waals surface area contributed by atoms with Gasteiger partial charge >= 0.3 is 0 Å². The summed E-state index contributed by atoms with van der Waals surface area (Å²) in [6.07, 6.45) is 5.19. The minimum absolute atomic E-state index is 0.0342. The van der Waals surface area contributed by atoms with Crippen molar-refractivity contribution in [3.05, 3.63) is 17.1 Å². The molecule has 100 valence electrons. The van der Waals surface area contributed by atoms with Crippen LogP contribution in [-0.4, -0.2) is 25.8 Å². The molecule has 0 amide bonds. The maximum absolute atomic E-state index is 12.5. The highest BCUT2D eigenvalue weighted by Gasteiger charge is 2.30. The van der Waals surface area contributed by atoms with Crippen LogP contribution in [0, 0.1) is 26.2 Å². The fourth-order valence-corrected chi connectivity index (χ4v) is 3.67. The van der Waals surface area contributed by atoms with Crippen molar-refractivity contribution < 1.29 is 12.8 Å². The number of hydrogen-bond acceptors (Lipinski definition) is 4. The van der Waals surface area contributed by atoms with E-state index in [-0.39, 0.29) is 18.0 Å². The number of hydrogen-bond donors (Lipinski definition) is 1. The van der Waals surface area contributed by atoms with Gasteiger partial charge in [0.2, 0.25) is 10.0 Å². The molecule has 0 saturated carbocycles. The topological polar surface area (TPSA) is 76.5 Å². The highest BCUT2D eigenvalue weighted by Crippen LogP contribution is 2.28. The first-order valence-electron chi connectivity index (χ1n) is 5.62. The van der Waals surface area contributed by atoms with Gasteiger partial charge in [-0.1, -0.05) is 12.8 Å². The molecule has 18 heavy (non-hydrogen) atoms. The maximum Gasteiger partial charge on any atom is 0.247 e. The fraction of sp³-hybridized carbons (Fsp3) is 0.500. The van der Waals surface area contributed by atoms with Crippen molar-refractivity contribution in [1.29, 1.82) is 0 Å². The van der Waals surface area contributed by atoms with Gasteiger partial charge in [0.15, 0.2) is 0 Å². The largest absolute Gasteiger partial charge is 0.465 e. The SMILES string of the molecule is C#CCN(CC)S(=O)(=O)c1c(C)oc(C)c1CN. The lowest BCUT2D eigenvalue weighted by molar-refractivity contribution is 0.457. The third kappa shape index (κ3) is 2.43. The molecule has 6 heteroatoms. The molecule has 2 N–H and O–H groups in total. The van der Waals surface area contributed by atoms with Crippen molar-refractivity contribution in [1.82, 2.24) is 4.31 Å². The molecule has 0 bridgehead atoms. The highest BCUT2D eigenvalue weighted by atomic mass is 32.2. The molecule has 0 saturated heterocycles. The van der Waals surface area contributed by atoms with Crippen LogP contribution >= 0.6 is 0 Å². The van der Waals surface area contributed by atoms with E-state index in [2.05, 4.69) is 5.92 Å². The van der Waals surface area contributed by atoms with Gasteiger partial charge in [-0.15, -0.1) is 6.42 Å². The number of sulfonamides is 1. The van der Waals surface area contributed by atoms with Crippen molar-refractivity contribution in [2.45, 2.75) is 32.2 Å². The molecule has 1 heterocycles. The Morgan fingerprint density at radius 3 is 2.44 bits per heavy atom. The average molecular weight is 270 g/mol. The summed E-state index contributed by atoms with van der Waals surface area (Å²) in [4.78, 5) is 0.152. The van der Waals surface area contributed by atoms with Crippen LogP contribution in [0.25, 0.3) is 0 Å². The van der Waals surface area contributed by atoms with Gasteiger partial charge < -0.3 is 10.2 Å². The van der Waals surface area contributed by atoms with Gasteiger partial charge in [0.25, 0.3) is 0 Å². The van der Waals surface area contributed by atoms with Gasteiger partial charge in [0.1, 0.15) is 16.4 Å². The smallest absolute Gasteiger partial charge is 0.247 e. The molecule has 0 fully saturated rings. The predicted molar refractivity (Wildman–Crippen MR) is 69.3 cm³/mol. The zero-order valence-corrected chi connectivity index (χ0v) is 11.7. The Labute approximate surface area is 108 Å². The Bertz CT molecular complexity index is 567. The lowest BCUT2D eigenvalue weighted by atomic mass is 10.2.